The predicted molar refractivity (Wildman–Crippen MR) is 85.6 cm³/mol. The Balaban J connectivity index is 1.46. The van der Waals surface area contributed by atoms with Crippen LogP contribution >= 0.6 is 11.3 Å². The Morgan fingerprint density at radius 1 is 1.10 bits per heavy atom. The second kappa shape index (κ2) is 6.58. The molecule has 0 saturated carbocycles. The molecule has 0 fully saturated rings. The van der Waals surface area contributed by atoms with Crippen molar-refractivity contribution < 1.29 is 0 Å². The first kappa shape index (κ1) is 13.9. The fourth-order valence-electron chi connectivity index (χ4n) is 2.09. The third kappa shape index (κ3) is 3.72. The molecule has 0 saturated heterocycles. The normalized spacial score (nSPS) is 10.9. The SMILES string of the molecule is Cc1csc(CCCCNc2ccc3nccnc3n2)n1. The number of pyridine rings is 1. The largest absolute Gasteiger partial charge is 0.370 e. The molecule has 0 aliphatic rings. The molecular weight excluding hydrogens is 282 g/mol. The monoisotopic (exact) mass is 299 g/mol. The van der Waals surface area contributed by atoms with E-state index in [-0.39, 0.29) is 0 Å². The van der Waals surface area contributed by atoms with Crippen LogP contribution in [0.15, 0.2) is 29.9 Å². The minimum Gasteiger partial charge on any atom is -0.370 e. The van der Waals surface area contributed by atoms with Crippen LogP contribution in [0.5, 0.6) is 0 Å². The van der Waals surface area contributed by atoms with E-state index in [0.717, 1.165) is 42.8 Å². The minimum atomic E-state index is 0.681. The lowest BCUT2D eigenvalue weighted by atomic mass is 10.2. The van der Waals surface area contributed by atoms with E-state index in [0.29, 0.717) is 5.65 Å². The third-order valence-corrected chi connectivity index (χ3v) is 4.15. The summed E-state index contributed by atoms with van der Waals surface area (Å²) in [7, 11) is 0. The zero-order chi connectivity index (χ0) is 14.5. The summed E-state index contributed by atoms with van der Waals surface area (Å²) in [5.41, 5.74) is 2.62. The molecule has 0 atom stereocenters. The predicted octanol–water partition coefficient (Wildman–Crippen LogP) is 3.22. The number of thiazole rings is 1. The Bertz CT molecular complexity index is 725. The van der Waals surface area contributed by atoms with Gasteiger partial charge in [-0.1, -0.05) is 0 Å². The summed E-state index contributed by atoms with van der Waals surface area (Å²) in [6.07, 6.45) is 6.62. The van der Waals surface area contributed by atoms with Crippen LogP contribution in [0.2, 0.25) is 0 Å². The van der Waals surface area contributed by atoms with Crippen LogP contribution < -0.4 is 5.32 Å². The van der Waals surface area contributed by atoms with Crippen LogP contribution in [-0.2, 0) is 6.42 Å². The number of aryl methyl sites for hydroxylation is 2. The number of fused-ring (bicyclic) bond motifs is 1. The molecular formula is C15H17N5S. The highest BCUT2D eigenvalue weighted by Crippen LogP contribution is 2.13. The van der Waals surface area contributed by atoms with Gasteiger partial charge in [0, 0.05) is 30.0 Å². The fourth-order valence-corrected chi connectivity index (χ4v) is 2.91. The van der Waals surface area contributed by atoms with Crippen molar-refractivity contribution in [3.05, 3.63) is 40.6 Å². The lowest BCUT2D eigenvalue weighted by molar-refractivity contribution is 0.756. The lowest BCUT2D eigenvalue weighted by Crippen LogP contribution is -2.04. The van der Waals surface area contributed by atoms with E-state index in [1.165, 1.54) is 5.01 Å². The first-order chi connectivity index (χ1) is 10.3. The molecule has 5 nitrogen and oxygen atoms in total. The van der Waals surface area contributed by atoms with Gasteiger partial charge in [-0.2, -0.15) is 0 Å². The lowest BCUT2D eigenvalue weighted by Gasteiger charge is -2.05. The highest BCUT2D eigenvalue weighted by atomic mass is 32.1. The van der Waals surface area contributed by atoms with Gasteiger partial charge in [-0.3, -0.25) is 4.98 Å². The molecule has 0 spiro atoms. The maximum atomic E-state index is 4.47. The van der Waals surface area contributed by atoms with Crippen molar-refractivity contribution in [3.63, 3.8) is 0 Å². The zero-order valence-corrected chi connectivity index (χ0v) is 12.7. The van der Waals surface area contributed by atoms with Crippen LogP contribution in [0.4, 0.5) is 5.82 Å². The maximum absolute atomic E-state index is 4.47. The van der Waals surface area contributed by atoms with Crippen LogP contribution in [-0.4, -0.2) is 26.5 Å². The molecule has 3 aromatic rings. The first-order valence-corrected chi connectivity index (χ1v) is 7.92. The number of unbranched alkanes of at least 4 members (excludes halogenated alkanes) is 1. The summed E-state index contributed by atoms with van der Waals surface area (Å²) in [6, 6.07) is 3.89. The van der Waals surface area contributed by atoms with Crippen molar-refractivity contribution in [1.29, 1.82) is 0 Å². The van der Waals surface area contributed by atoms with Gasteiger partial charge in [0.2, 0.25) is 0 Å². The molecule has 3 aromatic heterocycles. The molecule has 108 valence electrons. The third-order valence-electron chi connectivity index (χ3n) is 3.12. The molecule has 0 radical (unpaired) electrons. The van der Waals surface area contributed by atoms with Crippen LogP contribution in [0.3, 0.4) is 0 Å². The second-order valence-corrected chi connectivity index (χ2v) is 5.80. The molecule has 21 heavy (non-hydrogen) atoms. The van der Waals surface area contributed by atoms with Crippen molar-refractivity contribution in [2.45, 2.75) is 26.2 Å². The smallest absolute Gasteiger partial charge is 0.180 e. The molecule has 0 aliphatic carbocycles. The quantitative estimate of drug-likeness (QED) is 0.708. The zero-order valence-electron chi connectivity index (χ0n) is 11.9. The highest BCUT2D eigenvalue weighted by Gasteiger charge is 2.00. The van der Waals surface area contributed by atoms with Gasteiger partial charge in [0.05, 0.1) is 5.01 Å². The van der Waals surface area contributed by atoms with Crippen LogP contribution in [0.1, 0.15) is 23.5 Å². The standard InChI is InChI=1S/C15H17N5S/c1-11-10-21-14(19-11)4-2-3-7-17-13-6-5-12-15(20-13)18-9-8-16-12/h5-6,8-10H,2-4,7H2,1H3,(H,17,18,20). The first-order valence-electron chi connectivity index (χ1n) is 7.04. The Morgan fingerprint density at radius 2 is 2.00 bits per heavy atom. The number of rotatable bonds is 6. The Kier molecular flexibility index (Phi) is 4.35. The summed E-state index contributed by atoms with van der Waals surface area (Å²) in [5.74, 6) is 0.855. The number of aromatic nitrogens is 4. The molecule has 0 aliphatic heterocycles. The van der Waals surface area contributed by atoms with Crippen LogP contribution in [0.25, 0.3) is 11.2 Å². The molecule has 0 unspecified atom stereocenters. The Morgan fingerprint density at radius 3 is 2.86 bits per heavy atom. The van der Waals surface area contributed by atoms with Gasteiger partial charge in [0.15, 0.2) is 5.65 Å². The van der Waals surface area contributed by atoms with Crippen molar-refractivity contribution in [2.75, 3.05) is 11.9 Å². The van der Waals surface area contributed by atoms with E-state index in [1.807, 2.05) is 19.1 Å². The highest BCUT2D eigenvalue weighted by molar-refractivity contribution is 7.09. The number of nitrogens with zero attached hydrogens (tertiary/aromatic N) is 4. The van der Waals surface area contributed by atoms with Gasteiger partial charge in [-0.15, -0.1) is 11.3 Å². The van der Waals surface area contributed by atoms with Gasteiger partial charge < -0.3 is 5.32 Å². The average molecular weight is 299 g/mol. The fraction of sp³-hybridized carbons (Fsp3) is 0.333. The molecule has 0 aromatic carbocycles. The summed E-state index contributed by atoms with van der Waals surface area (Å²) in [5, 5.41) is 6.67. The molecule has 1 N–H and O–H groups in total. The van der Waals surface area contributed by atoms with Gasteiger partial charge in [-0.25, -0.2) is 15.0 Å². The molecule has 6 heteroatoms. The molecule has 3 rings (SSSR count). The van der Waals surface area contributed by atoms with Crippen LogP contribution in [0, 0.1) is 6.92 Å². The summed E-state index contributed by atoms with van der Waals surface area (Å²) < 4.78 is 0. The number of anilines is 1. The van der Waals surface area contributed by atoms with Gasteiger partial charge >= 0.3 is 0 Å². The van der Waals surface area contributed by atoms with E-state index in [4.69, 9.17) is 0 Å². The minimum absolute atomic E-state index is 0.681. The topological polar surface area (TPSA) is 63.6 Å². The summed E-state index contributed by atoms with van der Waals surface area (Å²) in [4.78, 5) is 17.3. The van der Waals surface area contributed by atoms with E-state index < -0.39 is 0 Å². The maximum Gasteiger partial charge on any atom is 0.180 e. The van der Waals surface area contributed by atoms with Gasteiger partial charge in [-0.05, 0) is 38.3 Å². The number of nitrogens with one attached hydrogen (secondary N) is 1. The van der Waals surface area contributed by atoms with E-state index in [9.17, 15) is 0 Å². The van der Waals surface area contributed by atoms with Crippen molar-refractivity contribution >= 4 is 28.3 Å². The summed E-state index contributed by atoms with van der Waals surface area (Å²) in [6.45, 7) is 2.94. The van der Waals surface area contributed by atoms with Gasteiger partial charge in [0.25, 0.3) is 0 Å². The van der Waals surface area contributed by atoms with E-state index in [2.05, 4.69) is 30.6 Å². The number of hydrogen-bond acceptors (Lipinski definition) is 6. The Hall–Kier alpha value is -2.08. The molecule has 0 amide bonds. The average Bonchev–Trinajstić information content (AvgIpc) is 2.92. The van der Waals surface area contributed by atoms with Gasteiger partial charge in [0.1, 0.15) is 11.3 Å². The Labute approximate surface area is 127 Å². The molecule has 0 bridgehead atoms. The van der Waals surface area contributed by atoms with E-state index in [1.54, 1.807) is 23.7 Å². The molecule has 3 heterocycles. The van der Waals surface area contributed by atoms with E-state index >= 15 is 0 Å². The van der Waals surface area contributed by atoms with Crippen molar-refractivity contribution in [3.8, 4) is 0 Å². The second-order valence-electron chi connectivity index (χ2n) is 4.86. The summed E-state index contributed by atoms with van der Waals surface area (Å²) >= 11 is 1.75. The van der Waals surface area contributed by atoms with Crippen molar-refractivity contribution in [2.24, 2.45) is 0 Å². The number of hydrogen-bond donors (Lipinski definition) is 1. The van der Waals surface area contributed by atoms with Crippen molar-refractivity contribution in [1.82, 2.24) is 19.9 Å².